The third-order valence-corrected chi connectivity index (χ3v) is 5.05. The zero-order valence-corrected chi connectivity index (χ0v) is 22.0. The number of ether oxygens (including phenoxy) is 1. The molecule has 204 valence electrons. The van der Waals surface area contributed by atoms with E-state index in [2.05, 4.69) is 0 Å². The maximum Gasteiger partial charge on any atom is 0.355 e. The van der Waals surface area contributed by atoms with Gasteiger partial charge >= 0.3 is 5.97 Å². The first kappa shape index (κ1) is 31.1. The SMILES string of the molecule is O=C1C=CC=CC=CC=CC=CC=CC=CC=CC(=O)C(=O)N2CC=CC=C2C(=O)OCCC(=O)CC=C/C=C\1. The summed E-state index contributed by atoms with van der Waals surface area (Å²) >= 11 is 0. The number of fused-ring (bicyclic) bond motifs is 1. The fourth-order valence-electron chi connectivity index (χ4n) is 3.07. The quantitative estimate of drug-likeness (QED) is 0.323. The largest absolute Gasteiger partial charge is 0.461 e. The lowest BCUT2D eigenvalue weighted by atomic mass is 10.2. The summed E-state index contributed by atoms with van der Waals surface area (Å²) in [6.07, 6.45) is 37.9. The fraction of sp³-hybridized carbons (Fsp3) is 0.121. The molecule has 0 aromatic rings. The van der Waals surface area contributed by atoms with Gasteiger partial charge in [0.15, 0.2) is 5.78 Å². The highest BCUT2D eigenvalue weighted by atomic mass is 16.5. The van der Waals surface area contributed by atoms with Crippen molar-refractivity contribution in [3.8, 4) is 0 Å². The lowest BCUT2D eigenvalue weighted by Crippen LogP contribution is -2.39. The van der Waals surface area contributed by atoms with Crippen molar-refractivity contribution >= 4 is 29.2 Å². The second-order valence-electron chi connectivity index (χ2n) is 8.11. The summed E-state index contributed by atoms with van der Waals surface area (Å²) in [7, 11) is 0. The molecule has 0 unspecified atom stereocenters. The Balaban J connectivity index is 2.09. The van der Waals surface area contributed by atoms with Crippen molar-refractivity contribution in [2.24, 2.45) is 0 Å². The highest BCUT2D eigenvalue weighted by Crippen LogP contribution is 2.13. The number of allylic oxidation sites excluding steroid dienone is 21. The topological polar surface area (TPSA) is 97.8 Å². The van der Waals surface area contributed by atoms with Crippen LogP contribution in [-0.4, -0.2) is 47.3 Å². The normalized spacial score (nSPS) is 19.4. The molecule has 0 atom stereocenters. The Kier molecular flexibility index (Phi) is 14.7. The summed E-state index contributed by atoms with van der Waals surface area (Å²) in [6, 6.07) is 0. The average Bonchev–Trinajstić information content (AvgIpc) is 2.95. The van der Waals surface area contributed by atoms with Crippen molar-refractivity contribution in [2.75, 3.05) is 13.2 Å². The number of hydrogen-bond donors (Lipinski definition) is 0. The van der Waals surface area contributed by atoms with Crippen LogP contribution in [0.1, 0.15) is 12.8 Å². The van der Waals surface area contributed by atoms with E-state index < -0.39 is 17.7 Å². The van der Waals surface area contributed by atoms with E-state index in [0.717, 1.165) is 11.0 Å². The molecule has 0 aromatic heterocycles. The van der Waals surface area contributed by atoms with Gasteiger partial charge in [0.25, 0.3) is 5.91 Å². The number of amides is 1. The predicted molar refractivity (Wildman–Crippen MR) is 156 cm³/mol. The molecule has 0 spiro atoms. The molecule has 0 saturated heterocycles. The van der Waals surface area contributed by atoms with E-state index in [1.165, 1.54) is 24.3 Å². The number of Topliss-reactive ketones (excluding diaryl/α,β-unsaturated/α-hetero) is 1. The van der Waals surface area contributed by atoms with E-state index in [4.69, 9.17) is 4.74 Å². The number of ketones is 3. The molecule has 0 saturated carbocycles. The minimum Gasteiger partial charge on any atom is -0.461 e. The standard InChI is InChI=1S/C33H31NO6/c35-28-20-14-11-9-7-5-3-1-2-4-6-8-10-12-17-24-31(37)32(38)34-26-19-18-23-30(34)33(39)40-27-25-29(36)22-16-13-15-21-28/h1-21,23-24H,22,25-27H2/b3-1?,4-2?,7-5?,8-6?,11-9?,12-10?,16-13?,20-14?,21-15-,24-17?. The van der Waals surface area contributed by atoms with E-state index >= 15 is 0 Å². The van der Waals surface area contributed by atoms with Gasteiger partial charge < -0.3 is 4.74 Å². The summed E-state index contributed by atoms with van der Waals surface area (Å²) in [4.78, 5) is 62.5. The van der Waals surface area contributed by atoms with E-state index in [0.29, 0.717) is 0 Å². The van der Waals surface area contributed by atoms with Crippen molar-refractivity contribution in [1.29, 1.82) is 0 Å². The number of cyclic esters (lactones) is 1. The van der Waals surface area contributed by atoms with Crippen molar-refractivity contribution < 1.29 is 28.7 Å². The van der Waals surface area contributed by atoms with Gasteiger partial charge in [0.05, 0.1) is 6.61 Å². The third-order valence-electron chi connectivity index (χ3n) is 5.05. The van der Waals surface area contributed by atoms with Crippen LogP contribution in [0.15, 0.2) is 145 Å². The molecule has 0 aromatic carbocycles. The highest BCUT2D eigenvalue weighted by Gasteiger charge is 2.28. The van der Waals surface area contributed by atoms with Crippen LogP contribution in [0.25, 0.3) is 0 Å². The molecule has 0 fully saturated rings. The summed E-state index contributed by atoms with van der Waals surface area (Å²) in [6.45, 7) is -0.131. The molecule has 0 radical (unpaired) electrons. The third kappa shape index (κ3) is 12.9. The monoisotopic (exact) mass is 537 g/mol. The molecular weight excluding hydrogens is 506 g/mol. The molecule has 2 heterocycles. The average molecular weight is 538 g/mol. The number of carbonyl (C=O) groups excluding carboxylic acids is 5. The van der Waals surface area contributed by atoms with Gasteiger partial charge in [0.2, 0.25) is 5.78 Å². The molecule has 1 amide bonds. The minimum atomic E-state index is -0.870. The predicted octanol–water partition coefficient (Wildman–Crippen LogP) is 4.88. The molecule has 7 nitrogen and oxygen atoms in total. The number of rotatable bonds is 0. The van der Waals surface area contributed by atoms with Crippen molar-refractivity contribution in [3.05, 3.63) is 145 Å². The number of esters is 1. The molecule has 40 heavy (non-hydrogen) atoms. The minimum absolute atomic E-state index is 0.0205. The molecule has 2 rings (SSSR count). The van der Waals surface area contributed by atoms with Crippen LogP contribution in [0.2, 0.25) is 0 Å². The molecule has 2 aliphatic heterocycles. The van der Waals surface area contributed by atoms with E-state index in [-0.39, 0.29) is 43.3 Å². The van der Waals surface area contributed by atoms with Crippen LogP contribution >= 0.6 is 0 Å². The maximum absolute atomic E-state index is 12.7. The van der Waals surface area contributed by atoms with Gasteiger partial charge in [0.1, 0.15) is 11.5 Å². The van der Waals surface area contributed by atoms with Gasteiger partial charge in [-0.05, 0) is 24.3 Å². The van der Waals surface area contributed by atoms with Crippen LogP contribution in [-0.2, 0) is 28.7 Å². The molecule has 7 heteroatoms. The summed E-state index contributed by atoms with van der Waals surface area (Å²) in [5.41, 5.74) is -0.0777. The van der Waals surface area contributed by atoms with Crippen LogP contribution in [0, 0.1) is 0 Å². The Morgan fingerprint density at radius 1 is 0.575 bits per heavy atom. The van der Waals surface area contributed by atoms with E-state index in [1.54, 1.807) is 72.9 Å². The first-order valence-corrected chi connectivity index (χ1v) is 12.6. The maximum atomic E-state index is 12.7. The Labute approximate surface area is 234 Å². The second kappa shape index (κ2) is 19.0. The molecule has 2 aliphatic rings. The lowest BCUT2D eigenvalue weighted by molar-refractivity contribution is -0.147. The molecular formula is C33H31NO6. The molecule has 0 bridgehead atoms. The summed E-state index contributed by atoms with van der Waals surface area (Å²) in [5, 5.41) is 0. The zero-order valence-electron chi connectivity index (χ0n) is 22.0. The van der Waals surface area contributed by atoms with Crippen LogP contribution in [0.4, 0.5) is 0 Å². The van der Waals surface area contributed by atoms with Gasteiger partial charge in [-0.1, -0.05) is 115 Å². The van der Waals surface area contributed by atoms with Gasteiger partial charge in [-0.2, -0.15) is 0 Å². The van der Waals surface area contributed by atoms with Crippen LogP contribution in [0.5, 0.6) is 0 Å². The number of carbonyl (C=O) groups is 5. The van der Waals surface area contributed by atoms with E-state index in [1.807, 2.05) is 36.5 Å². The number of nitrogens with zero attached hydrogens (tertiary/aromatic N) is 1. The Morgan fingerprint density at radius 3 is 1.70 bits per heavy atom. The van der Waals surface area contributed by atoms with E-state index in [9.17, 15) is 24.0 Å². The van der Waals surface area contributed by atoms with Gasteiger partial charge in [0, 0.05) is 19.4 Å². The number of hydrogen-bond acceptors (Lipinski definition) is 6. The Hall–Kier alpha value is -5.17. The smallest absolute Gasteiger partial charge is 0.355 e. The van der Waals surface area contributed by atoms with Crippen molar-refractivity contribution in [3.63, 3.8) is 0 Å². The van der Waals surface area contributed by atoms with Crippen molar-refractivity contribution in [1.82, 2.24) is 4.90 Å². The summed E-state index contributed by atoms with van der Waals surface area (Å²) < 4.78 is 5.17. The second-order valence-corrected chi connectivity index (χ2v) is 8.11. The van der Waals surface area contributed by atoms with Gasteiger partial charge in [-0.3, -0.25) is 24.1 Å². The fourth-order valence-corrected chi connectivity index (χ4v) is 3.07. The molecule has 0 N–H and O–H groups in total. The highest BCUT2D eigenvalue weighted by molar-refractivity contribution is 6.41. The first-order chi connectivity index (χ1) is 19.5. The van der Waals surface area contributed by atoms with Crippen molar-refractivity contribution in [2.45, 2.75) is 12.8 Å². The Bertz CT molecular complexity index is 1310. The molecule has 0 aliphatic carbocycles. The summed E-state index contributed by atoms with van der Waals surface area (Å²) in [5.74, 6) is -2.83. The zero-order chi connectivity index (χ0) is 28.8. The lowest BCUT2D eigenvalue weighted by Gasteiger charge is -2.23. The van der Waals surface area contributed by atoms with Gasteiger partial charge in [-0.15, -0.1) is 0 Å². The first-order valence-electron chi connectivity index (χ1n) is 12.6. The van der Waals surface area contributed by atoms with Crippen LogP contribution < -0.4 is 0 Å². The van der Waals surface area contributed by atoms with Crippen LogP contribution in [0.3, 0.4) is 0 Å². The Morgan fingerprint density at radius 2 is 1.10 bits per heavy atom. The van der Waals surface area contributed by atoms with Gasteiger partial charge in [-0.25, -0.2) is 4.79 Å².